The average molecular weight is 533 g/mol. The van der Waals surface area contributed by atoms with Crippen LogP contribution in [0.4, 0.5) is 5.69 Å². The molecule has 0 saturated heterocycles. The van der Waals surface area contributed by atoms with Gasteiger partial charge in [-0.15, -0.1) is 0 Å². The molecule has 158 valence electrons. The van der Waals surface area contributed by atoms with Gasteiger partial charge in [0.1, 0.15) is 24.0 Å². The van der Waals surface area contributed by atoms with Gasteiger partial charge in [0, 0.05) is 11.3 Å². The molecule has 0 bridgehead atoms. The molecule has 0 atom stereocenters. The Kier molecular flexibility index (Phi) is 8.02. The number of nitrogens with zero attached hydrogens (tertiary/aromatic N) is 2. The van der Waals surface area contributed by atoms with Crippen molar-refractivity contribution in [2.45, 2.75) is 20.0 Å². The molecule has 0 aliphatic carbocycles. The van der Waals surface area contributed by atoms with Crippen molar-refractivity contribution in [3.63, 3.8) is 0 Å². The van der Waals surface area contributed by atoms with E-state index < -0.39 is 5.91 Å². The van der Waals surface area contributed by atoms with Gasteiger partial charge in [0.15, 0.2) is 0 Å². The van der Waals surface area contributed by atoms with E-state index in [0.29, 0.717) is 22.6 Å². The van der Waals surface area contributed by atoms with Gasteiger partial charge in [0.05, 0.1) is 15.2 Å². The van der Waals surface area contributed by atoms with E-state index in [-0.39, 0.29) is 12.2 Å². The van der Waals surface area contributed by atoms with Crippen LogP contribution >= 0.6 is 22.6 Å². The van der Waals surface area contributed by atoms with Crippen LogP contribution in [-0.2, 0) is 17.8 Å². The Morgan fingerprint density at radius 3 is 2.50 bits per heavy atom. The van der Waals surface area contributed by atoms with Crippen LogP contribution in [0.5, 0.6) is 5.75 Å². The Morgan fingerprint density at radius 1 is 1.09 bits per heavy atom. The van der Waals surface area contributed by atoms with Gasteiger partial charge >= 0.3 is 0 Å². The number of nitrogens with one attached hydrogen (secondary N) is 1. The third-order valence-corrected chi connectivity index (χ3v) is 5.62. The lowest BCUT2D eigenvalue weighted by atomic mass is 10.1. The summed E-state index contributed by atoms with van der Waals surface area (Å²) in [5.74, 6) is 0.203. The highest BCUT2D eigenvalue weighted by molar-refractivity contribution is 14.1. The van der Waals surface area contributed by atoms with Gasteiger partial charge in [-0.2, -0.15) is 10.5 Å². The Morgan fingerprint density at radius 2 is 1.84 bits per heavy atom. The standard InChI is InChI=1S/C26H20IN3O2/c1-2-18-7-10-23(11-8-18)30-26(31)22(16-29)13-19-9-12-25(24(27)14-19)32-17-21-6-4-3-5-20(21)15-28/h3-14H,2,17H2,1H3,(H,30,31)/b22-13+. The number of carbonyl (C=O) groups is 1. The lowest BCUT2D eigenvalue weighted by molar-refractivity contribution is -0.112. The van der Waals surface area contributed by atoms with Crippen LogP contribution in [0.2, 0.25) is 0 Å². The van der Waals surface area contributed by atoms with E-state index in [1.807, 2.05) is 54.6 Å². The van der Waals surface area contributed by atoms with Crippen LogP contribution in [0, 0.1) is 26.2 Å². The third-order valence-electron chi connectivity index (χ3n) is 4.77. The van der Waals surface area contributed by atoms with Crippen LogP contribution in [0.1, 0.15) is 29.2 Å². The highest BCUT2D eigenvalue weighted by atomic mass is 127. The normalized spacial score (nSPS) is 10.7. The molecular formula is C26H20IN3O2. The predicted molar refractivity (Wildman–Crippen MR) is 133 cm³/mol. The maximum Gasteiger partial charge on any atom is 0.266 e. The topological polar surface area (TPSA) is 85.9 Å². The molecule has 0 aliphatic rings. The van der Waals surface area contributed by atoms with Gasteiger partial charge in [-0.3, -0.25) is 4.79 Å². The minimum atomic E-state index is -0.458. The number of carbonyl (C=O) groups excluding carboxylic acids is 1. The Labute approximate surface area is 201 Å². The fourth-order valence-corrected chi connectivity index (χ4v) is 3.67. The number of hydrogen-bond acceptors (Lipinski definition) is 4. The molecule has 0 spiro atoms. The van der Waals surface area contributed by atoms with E-state index in [4.69, 9.17) is 4.74 Å². The van der Waals surface area contributed by atoms with E-state index in [1.165, 1.54) is 5.56 Å². The van der Waals surface area contributed by atoms with Gasteiger partial charge < -0.3 is 10.1 Å². The maximum absolute atomic E-state index is 12.5. The highest BCUT2D eigenvalue weighted by Crippen LogP contribution is 2.25. The van der Waals surface area contributed by atoms with Crippen LogP contribution in [0.3, 0.4) is 0 Å². The summed E-state index contributed by atoms with van der Waals surface area (Å²) < 4.78 is 6.71. The van der Waals surface area contributed by atoms with Crippen molar-refractivity contribution in [1.82, 2.24) is 0 Å². The van der Waals surface area contributed by atoms with E-state index in [9.17, 15) is 15.3 Å². The molecule has 0 saturated carbocycles. The quantitative estimate of drug-likeness (QED) is 0.235. The predicted octanol–water partition coefficient (Wildman–Crippen LogP) is 5.85. The molecule has 6 heteroatoms. The highest BCUT2D eigenvalue weighted by Gasteiger charge is 2.11. The zero-order valence-corrected chi connectivity index (χ0v) is 19.6. The third kappa shape index (κ3) is 5.96. The zero-order chi connectivity index (χ0) is 22.9. The molecule has 0 radical (unpaired) electrons. The summed E-state index contributed by atoms with van der Waals surface area (Å²) in [4.78, 5) is 12.5. The summed E-state index contributed by atoms with van der Waals surface area (Å²) in [5, 5.41) is 21.4. The number of amides is 1. The van der Waals surface area contributed by atoms with Crippen LogP contribution in [0.25, 0.3) is 6.08 Å². The van der Waals surface area contributed by atoms with Gasteiger partial charge in [0.2, 0.25) is 0 Å². The second-order valence-corrected chi connectivity index (χ2v) is 8.08. The molecule has 3 aromatic rings. The summed E-state index contributed by atoms with van der Waals surface area (Å²) in [6.07, 6.45) is 2.47. The van der Waals surface area contributed by atoms with E-state index in [1.54, 1.807) is 24.3 Å². The molecule has 5 nitrogen and oxygen atoms in total. The Hall–Kier alpha value is -3.62. The van der Waals surface area contributed by atoms with E-state index in [2.05, 4.69) is 40.9 Å². The monoisotopic (exact) mass is 533 g/mol. The first-order valence-corrected chi connectivity index (χ1v) is 11.0. The molecule has 0 fully saturated rings. The Balaban J connectivity index is 1.71. The first kappa shape index (κ1) is 23.1. The number of hydrogen-bond donors (Lipinski definition) is 1. The first-order valence-electron chi connectivity index (χ1n) is 9.96. The summed E-state index contributed by atoms with van der Waals surface area (Å²) in [5.41, 5.74) is 3.93. The van der Waals surface area contributed by atoms with Gasteiger partial charge in [-0.1, -0.05) is 43.3 Å². The number of nitriles is 2. The molecular weight excluding hydrogens is 513 g/mol. The lowest BCUT2D eigenvalue weighted by Crippen LogP contribution is -2.13. The van der Waals surface area contributed by atoms with Crippen molar-refractivity contribution in [3.05, 3.63) is 98.1 Å². The van der Waals surface area contributed by atoms with Crippen molar-refractivity contribution in [2.24, 2.45) is 0 Å². The summed E-state index contributed by atoms with van der Waals surface area (Å²) >= 11 is 2.15. The largest absolute Gasteiger partial charge is 0.488 e. The molecule has 0 heterocycles. The molecule has 32 heavy (non-hydrogen) atoms. The lowest BCUT2D eigenvalue weighted by Gasteiger charge is -2.10. The summed E-state index contributed by atoms with van der Waals surface area (Å²) in [6, 6.07) is 24.4. The number of rotatable bonds is 7. The minimum absolute atomic E-state index is 0.0111. The smallest absolute Gasteiger partial charge is 0.266 e. The van der Waals surface area contributed by atoms with Crippen molar-refractivity contribution in [1.29, 1.82) is 10.5 Å². The number of halogens is 1. The van der Waals surface area contributed by atoms with Crippen molar-refractivity contribution in [3.8, 4) is 17.9 Å². The SMILES string of the molecule is CCc1ccc(NC(=O)/C(C#N)=C/c2ccc(OCc3ccccc3C#N)c(I)c2)cc1. The summed E-state index contributed by atoms with van der Waals surface area (Å²) in [6.45, 7) is 2.34. The van der Waals surface area contributed by atoms with Crippen LogP contribution in [0.15, 0.2) is 72.3 Å². The molecule has 0 unspecified atom stereocenters. The van der Waals surface area contributed by atoms with Gasteiger partial charge in [0.25, 0.3) is 5.91 Å². The number of benzene rings is 3. The number of ether oxygens (including phenoxy) is 1. The van der Waals surface area contributed by atoms with Gasteiger partial charge in [-0.25, -0.2) is 0 Å². The zero-order valence-electron chi connectivity index (χ0n) is 17.4. The minimum Gasteiger partial charge on any atom is -0.488 e. The van der Waals surface area contributed by atoms with E-state index >= 15 is 0 Å². The van der Waals surface area contributed by atoms with Crippen molar-refractivity contribution < 1.29 is 9.53 Å². The number of aryl methyl sites for hydroxylation is 1. The average Bonchev–Trinajstić information content (AvgIpc) is 2.82. The van der Waals surface area contributed by atoms with Gasteiger partial charge in [-0.05, 0) is 76.5 Å². The van der Waals surface area contributed by atoms with Crippen molar-refractivity contribution in [2.75, 3.05) is 5.32 Å². The second kappa shape index (κ2) is 11.1. The fraction of sp³-hybridized carbons (Fsp3) is 0.115. The second-order valence-electron chi connectivity index (χ2n) is 6.92. The van der Waals surface area contributed by atoms with Crippen molar-refractivity contribution >= 4 is 40.3 Å². The molecule has 0 aromatic heterocycles. The number of anilines is 1. The molecule has 1 N–H and O–H groups in total. The van der Waals surface area contributed by atoms with Crippen LogP contribution in [-0.4, -0.2) is 5.91 Å². The maximum atomic E-state index is 12.5. The summed E-state index contributed by atoms with van der Waals surface area (Å²) in [7, 11) is 0. The molecule has 3 aromatic carbocycles. The Bertz CT molecular complexity index is 1240. The molecule has 3 rings (SSSR count). The fourth-order valence-electron chi connectivity index (χ4n) is 2.97. The molecule has 0 aliphatic heterocycles. The molecule has 1 amide bonds. The van der Waals surface area contributed by atoms with Crippen LogP contribution < -0.4 is 10.1 Å². The van der Waals surface area contributed by atoms with E-state index in [0.717, 1.165) is 15.6 Å². The first-order chi connectivity index (χ1) is 15.5.